The van der Waals surface area contributed by atoms with E-state index in [4.69, 9.17) is 14.5 Å². The van der Waals surface area contributed by atoms with Crippen LogP contribution in [0.15, 0.2) is 96.2 Å². The third-order valence-corrected chi connectivity index (χ3v) is 8.58. The predicted molar refractivity (Wildman–Crippen MR) is 180 cm³/mol. The van der Waals surface area contributed by atoms with Gasteiger partial charge in [-0.2, -0.15) is 0 Å². The van der Waals surface area contributed by atoms with E-state index in [2.05, 4.69) is 14.7 Å². The fourth-order valence-corrected chi connectivity index (χ4v) is 5.88. The van der Waals surface area contributed by atoms with E-state index >= 15 is 0 Å². The Morgan fingerprint density at radius 1 is 0.926 bits per heavy atom. The molecule has 1 saturated heterocycles. The van der Waals surface area contributed by atoms with Crippen LogP contribution in [0, 0.1) is 0 Å². The maximum absolute atomic E-state index is 14.1. The zero-order valence-corrected chi connectivity index (χ0v) is 28.1. The number of benzene rings is 2. The molecule has 0 spiro atoms. The summed E-state index contributed by atoms with van der Waals surface area (Å²) >= 11 is 0. The van der Waals surface area contributed by atoms with Gasteiger partial charge >= 0.3 is 12.3 Å². The summed E-state index contributed by atoms with van der Waals surface area (Å²) in [5, 5.41) is 40.1. The van der Waals surface area contributed by atoms with E-state index in [1.807, 2.05) is 0 Å². The van der Waals surface area contributed by atoms with Crippen molar-refractivity contribution in [3.63, 3.8) is 0 Å². The first-order valence-electron chi connectivity index (χ1n) is 16.3. The van der Waals surface area contributed by atoms with Crippen molar-refractivity contribution in [2.75, 3.05) is 0 Å². The Balaban J connectivity index is 1.35. The third-order valence-electron chi connectivity index (χ3n) is 8.58. The molecule has 5 aromatic rings. The lowest BCUT2D eigenvalue weighted by molar-refractivity contribution is -0.274. The molecule has 0 radical (unpaired) electrons. The minimum absolute atomic E-state index is 0.00755. The summed E-state index contributed by atoms with van der Waals surface area (Å²) in [4.78, 5) is 54.2. The fourth-order valence-electron chi connectivity index (χ4n) is 5.88. The number of aliphatic hydroxyl groups is 3. The summed E-state index contributed by atoms with van der Waals surface area (Å²) in [6.45, 7) is 1.66. The molecule has 0 aliphatic carbocycles. The lowest BCUT2D eigenvalue weighted by Gasteiger charge is -2.38. The number of amides is 1. The molecule has 2 aromatic carbocycles. The normalized spacial score (nSPS) is 20.6. The van der Waals surface area contributed by atoms with Crippen LogP contribution in [0.4, 0.5) is 13.2 Å². The Hall–Kier alpha value is -5.95. The number of carbonyl (C=O) groups excluding carboxylic acids is 1. The number of fused-ring (bicyclic) bond motifs is 1. The summed E-state index contributed by atoms with van der Waals surface area (Å²) in [5.41, 5.74) is 0.848. The molecule has 6 rings (SSSR count). The second-order valence-electron chi connectivity index (χ2n) is 12.3. The number of hydrogen-bond acceptors (Lipinski definition) is 12. The highest BCUT2D eigenvalue weighted by Gasteiger charge is 2.48. The van der Waals surface area contributed by atoms with E-state index in [1.165, 1.54) is 58.1 Å². The number of nitrogens with zero attached hydrogens (tertiary/aromatic N) is 5. The molecule has 4 N–H and O–H groups in total. The fraction of sp³-hybridized carbons (Fsp3) is 0.278. The number of rotatable bonds is 11. The molecule has 1 aliphatic heterocycles. The number of aromatic nitrogens is 4. The maximum atomic E-state index is 14.1. The van der Waals surface area contributed by atoms with Crippen LogP contribution in [0.3, 0.4) is 0 Å². The van der Waals surface area contributed by atoms with Gasteiger partial charge in [-0.3, -0.25) is 19.1 Å². The van der Waals surface area contributed by atoms with Crippen molar-refractivity contribution in [2.45, 2.75) is 63.0 Å². The molecular weight excluding hydrogens is 719 g/mol. The van der Waals surface area contributed by atoms with Gasteiger partial charge in [-0.05, 0) is 72.6 Å². The standard InChI is InChI=1S/C36H32F3N5O10/c1-19(43(18-21-4-2-14-40-17-21)26(45)16-20-6-10-24(11-7-20)54-36(37,38)39)32-42-31-25(5-3-15-41-31)33(49)44(32)22-8-12-23(13-9-22)52-35-29(48)27(46)28(47)30(53-35)34(50)51/h2-15,17,19,27-30,35,46-48H,16,18H2,1H3,(H,50,51). The van der Waals surface area contributed by atoms with Gasteiger partial charge in [0.1, 0.15) is 35.6 Å². The zero-order valence-electron chi connectivity index (χ0n) is 28.1. The molecule has 6 atom stereocenters. The Kier molecular flexibility index (Phi) is 10.9. The van der Waals surface area contributed by atoms with Gasteiger partial charge in [0.15, 0.2) is 11.8 Å². The van der Waals surface area contributed by atoms with Gasteiger partial charge in [0.25, 0.3) is 5.56 Å². The summed E-state index contributed by atoms with van der Waals surface area (Å²) < 4.78 is 54.2. The minimum Gasteiger partial charge on any atom is -0.479 e. The third kappa shape index (κ3) is 8.31. The molecule has 1 fully saturated rings. The van der Waals surface area contributed by atoms with Gasteiger partial charge < -0.3 is 39.5 Å². The van der Waals surface area contributed by atoms with Crippen molar-refractivity contribution in [3.8, 4) is 17.2 Å². The second-order valence-corrected chi connectivity index (χ2v) is 12.3. The number of ether oxygens (including phenoxy) is 3. The molecule has 4 heterocycles. The SMILES string of the molecule is CC(c1nc2ncccc2c(=O)n1-c1ccc(OC2OC(C(=O)O)C(O)C(O)C2O)cc1)N(Cc1cccnc1)C(=O)Cc1ccc(OC(F)(F)F)cc1. The van der Waals surface area contributed by atoms with Crippen LogP contribution >= 0.6 is 0 Å². The van der Waals surface area contributed by atoms with E-state index in [0.29, 0.717) is 11.1 Å². The molecule has 282 valence electrons. The highest BCUT2D eigenvalue weighted by Crippen LogP contribution is 2.29. The predicted octanol–water partition coefficient (Wildman–Crippen LogP) is 2.68. The molecule has 1 amide bonds. The van der Waals surface area contributed by atoms with Crippen LogP contribution in [-0.2, 0) is 27.3 Å². The lowest BCUT2D eigenvalue weighted by Crippen LogP contribution is -2.61. The first-order chi connectivity index (χ1) is 25.7. The number of aliphatic hydroxyl groups excluding tert-OH is 3. The highest BCUT2D eigenvalue weighted by atomic mass is 19.4. The van der Waals surface area contributed by atoms with Gasteiger partial charge in [-0.15, -0.1) is 13.2 Å². The van der Waals surface area contributed by atoms with Crippen molar-refractivity contribution in [3.05, 3.63) is 119 Å². The van der Waals surface area contributed by atoms with Crippen molar-refractivity contribution in [2.24, 2.45) is 0 Å². The van der Waals surface area contributed by atoms with Crippen molar-refractivity contribution < 1.29 is 57.4 Å². The number of hydrogen-bond donors (Lipinski definition) is 4. The summed E-state index contributed by atoms with van der Waals surface area (Å²) in [7, 11) is 0. The number of halogens is 3. The molecule has 3 aromatic heterocycles. The molecule has 15 nitrogen and oxygen atoms in total. The largest absolute Gasteiger partial charge is 0.573 e. The smallest absolute Gasteiger partial charge is 0.479 e. The van der Waals surface area contributed by atoms with Crippen LogP contribution in [0.2, 0.25) is 0 Å². The number of aliphatic carboxylic acids is 1. The zero-order chi connectivity index (χ0) is 38.7. The molecule has 1 aliphatic rings. The van der Waals surface area contributed by atoms with Gasteiger partial charge in [0.05, 0.1) is 23.5 Å². The van der Waals surface area contributed by atoms with E-state index in [-0.39, 0.29) is 41.3 Å². The second kappa shape index (κ2) is 15.6. The number of carboxylic acid groups (broad SMARTS) is 1. The van der Waals surface area contributed by atoms with Gasteiger partial charge in [-0.1, -0.05) is 18.2 Å². The molecule has 6 unspecified atom stereocenters. The van der Waals surface area contributed by atoms with Crippen LogP contribution in [0.5, 0.6) is 11.5 Å². The Morgan fingerprint density at radius 2 is 1.61 bits per heavy atom. The van der Waals surface area contributed by atoms with Crippen molar-refractivity contribution >= 4 is 22.9 Å². The summed E-state index contributed by atoms with van der Waals surface area (Å²) in [6, 6.07) is 16.2. The van der Waals surface area contributed by atoms with Crippen molar-refractivity contribution in [1.82, 2.24) is 24.4 Å². The molecule has 54 heavy (non-hydrogen) atoms. The Morgan fingerprint density at radius 3 is 2.26 bits per heavy atom. The quantitative estimate of drug-likeness (QED) is 0.153. The van der Waals surface area contributed by atoms with Crippen molar-refractivity contribution in [1.29, 1.82) is 0 Å². The monoisotopic (exact) mass is 751 g/mol. The van der Waals surface area contributed by atoms with E-state index in [1.54, 1.807) is 37.5 Å². The topological polar surface area (TPSA) is 207 Å². The molecule has 0 saturated carbocycles. The van der Waals surface area contributed by atoms with Gasteiger partial charge in [0.2, 0.25) is 12.2 Å². The van der Waals surface area contributed by atoms with Gasteiger partial charge in [-0.25, -0.2) is 14.8 Å². The first-order valence-corrected chi connectivity index (χ1v) is 16.3. The van der Waals surface area contributed by atoms with Gasteiger partial charge in [0, 0.05) is 25.1 Å². The molecule has 18 heteroatoms. The van der Waals surface area contributed by atoms with E-state index < -0.39 is 66.3 Å². The van der Waals surface area contributed by atoms with Crippen LogP contribution < -0.4 is 15.0 Å². The Bertz CT molecular complexity index is 2170. The van der Waals surface area contributed by atoms with Crippen LogP contribution in [-0.4, -0.2) is 93.8 Å². The lowest BCUT2D eigenvalue weighted by atomic mass is 9.99. The maximum Gasteiger partial charge on any atom is 0.573 e. The number of carboxylic acids is 1. The highest BCUT2D eigenvalue weighted by molar-refractivity contribution is 5.79. The van der Waals surface area contributed by atoms with Crippen LogP contribution in [0.1, 0.15) is 29.9 Å². The van der Waals surface area contributed by atoms with E-state index in [9.17, 15) is 48.0 Å². The summed E-state index contributed by atoms with van der Waals surface area (Å²) in [5.74, 6) is -2.36. The average Bonchev–Trinajstić information content (AvgIpc) is 3.14. The average molecular weight is 752 g/mol. The number of pyridine rings is 2. The molecule has 0 bridgehead atoms. The first kappa shape index (κ1) is 37.8. The van der Waals surface area contributed by atoms with Crippen LogP contribution in [0.25, 0.3) is 16.7 Å². The number of carbonyl (C=O) groups is 2. The Labute approximate surface area is 303 Å². The molecular formula is C36H32F3N5O10. The summed E-state index contributed by atoms with van der Waals surface area (Å²) in [6.07, 6.45) is -9.71. The number of alkyl halides is 3. The minimum atomic E-state index is -4.88. The van der Waals surface area contributed by atoms with E-state index in [0.717, 1.165) is 12.1 Å².